The highest BCUT2D eigenvalue weighted by Gasteiger charge is 2.33. The molecule has 0 unspecified atom stereocenters. The van der Waals surface area contributed by atoms with Crippen LogP contribution in [0.25, 0.3) is 0 Å². The van der Waals surface area contributed by atoms with Gasteiger partial charge in [0.2, 0.25) is 34.8 Å². The molecule has 1 amide bonds. The van der Waals surface area contributed by atoms with E-state index in [1.807, 2.05) is 0 Å². The van der Waals surface area contributed by atoms with Crippen molar-refractivity contribution in [3.8, 4) is 5.75 Å². The molecule has 6 nitrogen and oxygen atoms in total. The average molecular weight is 459 g/mol. The topological polar surface area (TPSA) is 72.9 Å². The van der Waals surface area contributed by atoms with Crippen LogP contribution >= 0.6 is 0 Å². The predicted molar refractivity (Wildman–Crippen MR) is 95.8 cm³/mol. The first-order valence-electron chi connectivity index (χ1n) is 9.16. The Bertz CT molecular complexity index is 888. The molecule has 0 N–H and O–H groups in total. The van der Waals surface area contributed by atoms with Crippen LogP contribution in [0.15, 0.2) is 0 Å². The van der Waals surface area contributed by atoms with Gasteiger partial charge in [0.15, 0.2) is 0 Å². The molecule has 0 saturated carbocycles. The molecule has 1 aromatic carbocycles. The molecule has 1 fully saturated rings. The van der Waals surface area contributed by atoms with Crippen LogP contribution in [0, 0.1) is 29.1 Å². The van der Waals surface area contributed by atoms with Crippen LogP contribution in [0.3, 0.4) is 0 Å². The van der Waals surface area contributed by atoms with Gasteiger partial charge in [0.05, 0.1) is 5.75 Å². The van der Waals surface area contributed by atoms with Crippen LogP contribution in [0.4, 0.5) is 26.7 Å². The number of benzene rings is 1. The molecule has 1 aliphatic rings. The van der Waals surface area contributed by atoms with E-state index in [-0.39, 0.29) is 18.9 Å². The van der Waals surface area contributed by atoms with Crippen molar-refractivity contribution in [2.45, 2.75) is 58.1 Å². The van der Waals surface area contributed by atoms with Crippen LogP contribution in [0.2, 0.25) is 0 Å². The van der Waals surface area contributed by atoms with E-state index >= 15 is 0 Å². The Morgan fingerprint density at radius 1 is 1.03 bits per heavy atom. The second-order valence-corrected chi connectivity index (χ2v) is 9.55. The van der Waals surface area contributed by atoms with Gasteiger partial charge in [0.25, 0.3) is 0 Å². The first-order chi connectivity index (χ1) is 13.7. The Labute approximate surface area is 171 Å². The largest absolute Gasteiger partial charge is 0.444 e. The Morgan fingerprint density at radius 2 is 1.57 bits per heavy atom. The summed E-state index contributed by atoms with van der Waals surface area (Å²) in [5.74, 6) is -14.4. The number of halogens is 5. The first kappa shape index (κ1) is 24.2. The molecule has 0 spiro atoms. The van der Waals surface area contributed by atoms with Crippen molar-refractivity contribution in [1.29, 1.82) is 0 Å². The summed E-state index contributed by atoms with van der Waals surface area (Å²) in [6.45, 7) is 5.56. The molecule has 30 heavy (non-hydrogen) atoms. The summed E-state index contributed by atoms with van der Waals surface area (Å²) in [6.07, 6.45) is 0.918. The summed E-state index contributed by atoms with van der Waals surface area (Å²) in [4.78, 5) is 13.7. The van der Waals surface area contributed by atoms with E-state index in [0.717, 1.165) is 0 Å². The third-order valence-corrected chi connectivity index (χ3v) is 5.53. The minimum Gasteiger partial charge on any atom is -0.444 e. The number of hydrogen-bond donors (Lipinski definition) is 0. The Morgan fingerprint density at radius 3 is 2.10 bits per heavy atom. The lowest BCUT2D eigenvalue weighted by Crippen LogP contribution is -2.40. The van der Waals surface area contributed by atoms with Crippen LogP contribution in [-0.2, 0) is 14.9 Å². The molecule has 0 bridgehead atoms. The minimum absolute atomic E-state index is 0.0678. The number of carbonyl (C=O) groups excluding carboxylic acids is 1. The van der Waals surface area contributed by atoms with Crippen molar-refractivity contribution >= 4 is 16.2 Å². The predicted octanol–water partition coefficient (Wildman–Crippen LogP) is 4.27. The highest BCUT2D eigenvalue weighted by atomic mass is 32.2. The van der Waals surface area contributed by atoms with Gasteiger partial charge in [-0.05, 0) is 46.5 Å². The quantitative estimate of drug-likeness (QED) is 0.275. The fourth-order valence-corrected chi connectivity index (χ4v) is 4.02. The van der Waals surface area contributed by atoms with E-state index in [9.17, 15) is 35.2 Å². The van der Waals surface area contributed by atoms with Crippen LogP contribution in [0.1, 0.15) is 46.5 Å². The fourth-order valence-electron chi connectivity index (χ4n) is 3.02. The number of amides is 1. The van der Waals surface area contributed by atoms with Gasteiger partial charge >= 0.3 is 16.2 Å². The average Bonchev–Trinajstić information content (AvgIpc) is 3.09. The van der Waals surface area contributed by atoms with Crippen molar-refractivity contribution in [3.05, 3.63) is 29.1 Å². The summed E-state index contributed by atoms with van der Waals surface area (Å²) in [6, 6.07) is -0.302. The second-order valence-electron chi connectivity index (χ2n) is 7.86. The number of likely N-dealkylation sites (tertiary alicyclic amines) is 1. The van der Waals surface area contributed by atoms with Crippen LogP contribution in [0.5, 0.6) is 5.75 Å². The minimum atomic E-state index is -4.65. The van der Waals surface area contributed by atoms with Gasteiger partial charge < -0.3 is 13.8 Å². The van der Waals surface area contributed by atoms with E-state index in [4.69, 9.17) is 4.74 Å². The van der Waals surface area contributed by atoms with E-state index in [1.165, 1.54) is 4.90 Å². The van der Waals surface area contributed by atoms with Crippen molar-refractivity contribution in [3.63, 3.8) is 0 Å². The first-order valence-corrected chi connectivity index (χ1v) is 10.7. The molecule has 1 atom stereocenters. The van der Waals surface area contributed by atoms with Gasteiger partial charge in [-0.15, -0.1) is 0 Å². The molecular weight excluding hydrogens is 437 g/mol. The number of carbonyl (C=O) groups is 1. The van der Waals surface area contributed by atoms with Crippen molar-refractivity contribution in [2.75, 3.05) is 12.3 Å². The van der Waals surface area contributed by atoms with E-state index in [2.05, 4.69) is 4.18 Å². The second kappa shape index (κ2) is 8.94. The van der Waals surface area contributed by atoms with Gasteiger partial charge in [-0.1, -0.05) is 0 Å². The third-order valence-electron chi connectivity index (χ3n) is 4.32. The highest BCUT2D eigenvalue weighted by molar-refractivity contribution is 7.87. The maximum Gasteiger partial charge on any atom is 0.410 e. The zero-order chi connectivity index (χ0) is 22.9. The van der Waals surface area contributed by atoms with Crippen molar-refractivity contribution in [1.82, 2.24) is 4.90 Å². The van der Waals surface area contributed by atoms with E-state index < -0.39 is 62.4 Å². The monoisotopic (exact) mass is 459 g/mol. The van der Waals surface area contributed by atoms with Gasteiger partial charge in [-0.25, -0.2) is 18.0 Å². The molecule has 0 aliphatic carbocycles. The number of ether oxygens (including phenoxy) is 1. The molecule has 1 aliphatic heterocycles. The Kier molecular flexibility index (Phi) is 7.20. The van der Waals surface area contributed by atoms with Gasteiger partial charge in [0, 0.05) is 12.6 Å². The molecule has 0 aromatic heterocycles. The number of rotatable bonds is 6. The lowest BCUT2D eigenvalue weighted by molar-refractivity contribution is 0.0220. The summed E-state index contributed by atoms with van der Waals surface area (Å²) < 4.78 is 100. The standard InChI is InChI=1S/C18H22F5NO5S/c1-18(2,3)28-17(25)24-8-4-6-10(24)7-5-9-30(26,27)29-16-14(22)12(20)11(19)13(21)15(16)23/h10H,4-9H2,1-3H3/t10-/m0/s1. The van der Waals surface area contributed by atoms with Crippen molar-refractivity contribution in [2.24, 2.45) is 0 Å². The Balaban J connectivity index is 2.00. The summed E-state index contributed by atoms with van der Waals surface area (Å²) >= 11 is 0. The zero-order valence-corrected chi connectivity index (χ0v) is 17.4. The molecule has 0 radical (unpaired) electrons. The van der Waals surface area contributed by atoms with Gasteiger partial charge in [0.1, 0.15) is 5.60 Å². The summed E-state index contributed by atoms with van der Waals surface area (Å²) in [5.41, 5.74) is -0.699. The molecule has 12 heteroatoms. The molecule has 2 rings (SSSR count). The maximum absolute atomic E-state index is 13.6. The molecule has 170 valence electrons. The Hall–Kier alpha value is -2.11. The lowest BCUT2D eigenvalue weighted by Gasteiger charge is -2.28. The zero-order valence-electron chi connectivity index (χ0n) is 16.6. The van der Waals surface area contributed by atoms with Crippen molar-refractivity contribution < 1.29 is 44.1 Å². The van der Waals surface area contributed by atoms with Gasteiger partial charge in [-0.2, -0.15) is 17.2 Å². The molecular formula is C18H22F5NO5S. The molecule has 1 aromatic rings. The van der Waals surface area contributed by atoms with E-state index in [0.29, 0.717) is 19.4 Å². The number of hydrogen-bond acceptors (Lipinski definition) is 5. The van der Waals surface area contributed by atoms with Crippen LogP contribution in [-0.4, -0.2) is 43.4 Å². The molecule has 1 saturated heterocycles. The molecule has 1 heterocycles. The highest BCUT2D eigenvalue weighted by Crippen LogP contribution is 2.30. The van der Waals surface area contributed by atoms with Crippen LogP contribution < -0.4 is 4.18 Å². The number of nitrogens with zero attached hydrogens (tertiary/aromatic N) is 1. The van der Waals surface area contributed by atoms with Gasteiger partial charge in [-0.3, -0.25) is 0 Å². The summed E-state index contributed by atoms with van der Waals surface area (Å²) in [7, 11) is -4.65. The third kappa shape index (κ3) is 5.73. The van der Waals surface area contributed by atoms with E-state index in [1.54, 1.807) is 20.8 Å². The summed E-state index contributed by atoms with van der Waals surface area (Å²) in [5, 5.41) is 0. The normalized spacial score (nSPS) is 17.3. The fraction of sp³-hybridized carbons (Fsp3) is 0.611. The smallest absolute Gasteiger partial charge is 0.410 e. The maximum atomic E-state index is 13.6. The SMILES string of the molecule is CC(C)(C)OC(=O)N1CCC[C@H]1CCCS(=O)(=O)Oc1c(F)c(F)c(F)c(F)c1F. The lowest BCUT2D eigenvalue weighted by atomic mass is 10.1.